The Morgan fingerprint density at radius 2 is 1.45 bits per heavy atom. The van der Waals surface area contributed by atoms with Crippen molar-refractivity contribution in [1.29, 1.82) is 0 Å². The van der Waals surface area contributed by atoms with Gasteiger partial charge in [-0.15, -0.1) is 0 Å². The molecule has 2 aromatic rings. The SMILES string of the molecule is CC(CO)NC(=O)c1cccc(/C=C\CCC(=O)N(C)C)c1.NC(=O)CCC/C=C\c1cccc(C(=O)NCCO)c1. The Bertz CT molecular complexity index is 1210. The number of nitrogens with two attached hydrogens (primary N) is 1. The highest BCUT2D eigenvalue weighted by atomic mass is 16.3. The van der Waals surface area contributed by atoms with Crippen molar-refractivity contribution in [2.24, 2.45) is 5.73 Å². The largest absolute Gasteiger partial charge is 0.395 e. The van der Waals surface area contributed by atoms with Crippen LogP contribution >= 0.6 is 0 Å². The molecule has 2 aromatic carbocycles. The van der Waals surface area contributed by atoms with Crippen molar-refractivity contribution in [2.75, 3.05) is 33.9 Å². The molecule has 0 saturated heterocycles. The summed E-state index contributed by atoms with van der Waals surface area (Å²) in [6.07, 6.45) is 10.7. The van der Waals surface area contributed by atoms with Gasteiger partial charge >= 0.3 is 0 Å². The number of hydrogen-bond donors (Lipinski definition) is 5. The van der Waals surface area contributed by atoms with Crippen molar-refractivity contribution < 1.29 is 29.4 Å². The van der Waals surface area contributed by atoms with E-state index in [4.69, 9.17) is 15.9 Å². The molecule has 0 radical (unpaired) electrons. The molecule has 6 N–H and O–H groups in total. The number of amides is 4. The average molecular weight is 581 g/mol. The smallest absolute Gasteiger partial charge is 0.251 e. The van der Waals surface area contributed by atoms with Gasteiger partial charge in [-0.2, -0.15) is 0 Å². The molecule has 0 bridgehead atoms. The van der Waals surface area contributed by atoms with Crippen molar-refractivity contribution in [3.05, 3.63) is 82.9 Å². The lowest BCUT2D eigenvalue weighted by Gasteiger charge is -2.11. The van der Waals surface area contributed by atoms with E-state index in [1.165, 1.54) is 0 Å². The lowest BCUT2D eigenvalue weighted by atomic mass is 10.1. The molecule has 0 spiro atoms. The first-order chi connectivity index (χ1) is 20.1. The fraction of sp³-hybridized carbons (Fsp3) is 0.375. The number of primary amides is 1. The summed E-state index contributed by atoms with van der Waals surface area (Å²) in [5.41, 5.74) is 7.98. The van der Waals surface area contributed by atoms with Crippen LogP contribution in [0, 0.1) is 0 Å². The fourth-order valence-electron chi connectivity index (χ4n) is 3.45. The van der Waals surface area contributed by atoms with Gasteiger partial charge < -0.3 is 31.5 Å². The number of benzene rings is 2. The van der Waals surface area contributed by atoms with Crippen molar-refractivity contribution in [1.82, 2.24) is 15.5 Å². The van der Waals surface area contributed by atoms with Gasteiger partial charge in [0.1, 0.15) is 0 Å². The third kappa shape index (κ3) is 15.5. The van der Waals surface area contributed by atoms with Gasteiger partial charge in [-0.05, 0) is 61.6 Å². The minimum Gasteiger partial charge on any atom is -0.395 e. The van der Waals surface area contributed by atoms with Gasteiger partial charge in [0, 0.05) is 50.7 Å². The van der Waals surface area contributed by atoms with E-state index in [1.54, 1.807) is 56.3 Å². The average Bonchev–Trinajstić information content (AvgIpc) is 2.98. The number of carbonyl (C=O) groups excluding carboxylic acids is 4. The van der Waals surface area contributed by atoms with E-state index in [0.717, 1.165) is 24.0 Å². The topological polar surface area (TPSA) is 162 Å². The zero-order valence-corrected chi connectivity index (χ0v) is 24.7. The predicted molar refractivity (Wildman–Crippen MR) is 165 cm³/mol. The molecule has 10 nitrogen and oxygen atoms in total. The fourth-order valence-corrected chi connectivity index (χ4v) is 3.45. The van der Waals surface area contributed by atoms with Crippen LogP contribution in [0.3, 0.4) is 0 Å². The van der Waals surface area contributed by atoms with E-state index in [-0.39, 0.29) is 49.4 Å². The van der Waals surface area contributed by atoms with Gasteiger partial charge in [0.25, 0.3) is 11.8 Å². The molecule has 228 valence electrons. The van der Waals surface area contributed by atoms with Crippen LogP contribution in [-0.4, -0.2) is 78.6 Å². The van der Waals surface area contributed by atoms with Gasteiger partial charge in [0.05, 0.1) is 13.2 Å². The molecule has 42 heavy (non-hydrogen) atoms. The Kier molecular flexibility index (Phi) is 17.5. The lowest BCUT2D eigenvalue weighted by molar-refractivity contribution is -0.128. The summed E-state index contributed by atoms with van der Waals surface area (Å²) >= 11 is 0. The molecular formula is C32H44N4O6. The van der Waals surface area contributed by atoms with E-state index in [9.17, 15) is 19.2 Å². The number of aliphatic hydroxyl groups excluding tert-OH is 2. The first kappa shape index (κ1) is 35.7. The Labute approximate surface area is 248 Å². The van der Waals surface area contributed by atoms with Gasteiger partial charge in [0.15, 0.2) is 0 Å². The quantitative estimate of drug-likeness (QED) is 0.204. The van der Waals surface area contributed by atoms with E-state index in [2.05, 4.69) is 10.6 Å². The second-order valence-corrected chi connectivity index (χ2v) is 9.78. The van der Waals surface area contributed by atoms with Crippen LogP contribution in [-0.2, 0) is 9.59 Å². The third-order valence-corrected chi connectivity index (χ3v) is 5.78. The van der Waals surface area contributed by atoms with Crippen LogP contribution in [0.25, 0.3) is 12.2 Å². The summed E-state index contributed by atoms with van der Waals surface area (Å²) < 4.78 is 0. The van der Waals surface area contributed by atoms with Crippen LogP contribution < -0.4 is 16.4 Å². The number of hydrogen-bond acceptors (Lipinski definition) is 6. The zero-order chi connectivity index (χ0) is 31.3. The minimum absolute atomic E-state index is 0.0782. The van der Waals surface area contributed by atoms with E-state index >= 15 is 0 Å². The number of unbranched alkanes of at least 4 members (excludes halogenated alkanes) is 1. The maximum absolute atomic E-state index is 12.0. The monoisotopic (exact) mass is 580 g/mol. The Hall–Kier alpha value is -4.28. The maximum Gasteiger partial charge on any atom is 0.251 e. The summed E-state index contributed by atoms with van der Waals surface area (Å²) in [6.45, 7) is 1.81. The molecule has 0 aliphatic heterocycles. The Morgan fingerprint density at radius 1 is 0.881 bits per heavy atom. The summed E-state index contributed by atoms with van der Waals surface area (Å²) in [4.78, 5) is 47.3. The molecule has 1 atom stereocenters. The maximum atomic E-state index is 12.0. The van der Waals surface area contributed by atoms with E-state index in [0.29, 0.717) is 30.4 Å². The van der Waals surface area contributed by atoms with Crippen molar-refractivity contribution in [2.45, 2.75) is 45.1 Å². The standard InChI is InChI=1S/C17H24N2O3.C15H20N2O3/c1-13(12-20)18-17(22)15-9-6-8-14(11-15)7-4-5-10-16(21)19(2)3;16-14(19)8-3-1-2-5-12-6-4-7-13(11-12)15(20)17-9-10-18/h4,6-9,11,13,20H,5,10,12H2,1-3H3,(H,18,22);2,4-7,11,18H,1,3,8-10H2,(H2,16,19)(H,17,20)/b7-4-;5-2-. The van der Waals surface area contributed by atoms with E-state index < -0.39 is 0 Å². The first-order valence-electron chi connectivity index (χ1n) is 13.9. The first-order valence-corrected chi connectivity index (χ1v) is 13.9. The number of aliphatic hydroxyl groups is 2. The third-order valence-electron chi connectivity index (χ3n) is 5.78. The molecule has 10 heteroatoms. The summed E-state index contributed by atoms with van der Waals surface area (Å²) in [5, 5.41) is 22.9. The number of carbonyl (C=O) groups is 4. The normalized spacial score (nSPS) is 11.5. The van der Waals surface area contributed by atoms with Crippen LogP contribution in [0.2, 0.25) is 0 Å². The summed E-state index contributed by atoms with van der Waals surface area (Å²) in [5.74, 6) is -0.612. The molecule has 0 fully saturated rings. The Morgan fingerprint density at radius 3 is 1.98 bits per heavy atom. The van der Waals surface area contributed by atoms with Crippen molar-refractivity contribution in [3.63, 3.8) is 0 Å². The zero-order valence-electron chi connectivity index (χ0n) is 24.7. The molecule has 4 amide bonds. The number of rotatable bonds is 15. The predicted octanol–water partition coefficient (Wildman–Crippen LogP) is 2.76. The molecule has 2 rings (SSSR count). The van der Waals surface area contributed by atoms with Crippen LogP contribution in [0.15, 0.2) is 60.7 Å². The van der Waals surface area contributed by atoms with Crippen molar-refractivity contribution in [3.8, 4) is 0 Å². The highest BCUT2D eigenvalue weighted by Crippen LogP contribution is 2.10. The van der Waals surface area contributed by atoms with Crippen LogP contribution in [0.5, 0.6) is 0 Å². The van der Waals surface area contributed by atoms with Crippen LogP contribution in [0.1, 0.15) is 70.9 Å². The minimum atomic E-state index is -0.291. The van der Waals surface area contributed by atoms with Gasteiger partial charge in [-0.25, -0.2) is 0 Å². The highest BCUT2D eigenvalue weighted by Gasteiger charge is 2.09. The second-order valence-electron chi connectivity index (χ2n) is 9.78. The molecule has 0 heterocycles. The number of nitrogens with zero attached hydrogens (tertiary/aromatic N) is 1. The van der Waals surface area contributed by atoms with Crippen molar-refractivity contribution >= 4 is 35.8 Å². The highest BCUT2D eigenvalue weighted by molar-refractivity contribution is 5.95. The lowest BCUT2D eigenvalue weighted by Crippen LogP contribution is -2.34. The van der Waals surface area contributed by atoms with Crippen LogP contribution in [0.4, 0.5) is 0 Å². The number of allylic oxidation sites excluding steroid dienone is 2. The summed E-state index contributed by atoms with van der Waals surface area (Å²) in [7, 11) is 3.48. The van der Waals surface area contributed by atoms with Gasteiger partial charge in [-0.3, -0.25) is 19.2 Å². The summed E-state index contributed by atoms with van der Waals surface area (Å²) in [6, 6.07) is 14.1. The van der Waals surface area contributed by atoms with E-state index in [1.807, 2.05) is 42.5 Å². The Balaban J connectivity index is 0.000000422. The molecule has 1 unspecified atom stereocenters. The van der Waals surface area contributed by atoms with Gasteiger partial charge in [-0.1, -0.05) is 48.6 Å². The molecule has 0 saturated carbocycles. The number of nitrogens with one attached hydrogen (secondary N) is 2. The molecule has 0 aromatic heterocycles. The second kappa shape index (κ2) is 20.6. The molecule has 0 aliphatic rings. The van der Waals surface area contributed by atoms with Gasteiger partial charge in [0.2, 0.25) is 11.8 Å². The molecule has 0 aliphatic carbocycles. The molecular weight excluding hydrogens is 536 g/mol.